The summed E-state index contributed by atoms with van der Waals surface area (Å²) in [6.45, 7) is 1.90. The Morgan fingerprint density at radius 2 is 1.80 bits per heavy atom. The van der Waals surface area contributed by atoms with E-state index < -0.39 is 5.82 Å². The number of rotatable bonds is 3. The van der Waals surface area contributed by atoms with Crippen LogP contribution in [0.3, 0.4) is 0 Å². The number of H-pyrrole nitrogens is 1. The van der Waals surface area contributed by atoms with Gasteiger partial charge in [-0.25, -0.2) is 4.39 Å². The fraction of sp³-hybridized carbons (Fsp3) is 0.333. The van der Waals surface area contributed by atoms with Crippen molar-refractivity contribution in [2.75, 3.05) is 33.3 Å². The maximum Gasteiger partial charge on any atom is 0.270 e. The molecular formula is C18H20FN3O3. The summed E-state index contributed by atoms with van der Waals surface area (Å²) in [5.74, 6) is -0.509. The van der Waals surface area contributed by atoms with E-state index in [9.17, 15) is 14.0 Å². The topological polar surface area (TPSA) is 65.6 Å². The fourth-order valence-corrected chi connectivity index (χ4v) is 2.98. The summed E-state index contributed by atoms with van der Waals surface area (Å²) in [4.78, 5) is 31.5. The first-order chi connectivity index (χ1) is 12.1. The number of hydrogen-bond acceptors (Lipinski definition) is 3. The first-order valence-electron chi connectivity index (χ1n) is 8.15. The van der Waals surface area contributed by atoms with Gasteiger partial charge in [0.05, 0.1) is 12.7 Å². The highest BCUT2D eigenvalue weighted by Gasteiger charge is 2.25. The van der Waals surface area contributed by atoms with Gasteiger partial charge in [-0.05, 0) is 36.8 Å². The van der Waals surface area contributed by atoms with E-state index in [0.29, 0.717) is 44.0 Å². The number of aromatic nitrogens is 1. The Bertz CT molecular complexity index is 761. The van der Waals surface area contributed by atoms with Crippen LogP contribution in [-0.4, -0.2) is 59.9 Å². The molecule has 132 valence electrons. The van der Waals surface area contributed by atoms with Gasteiger partial charge in [-0.15, -0.1) is 0 Å². The van der Waals surface area contributed by atoms with Gasteiger partial charge in [-0.1, -0.05) is 0 Å². The van der Waals surface area contributed by atoms with Crippen LogP contribution in [0, 0.1) is 5.82 Å². The highest BCUT2D eigenvalue weighted by molar-refractivity contribution is 5.97. The third kappa shape index (κ3) is 3.65. The van der Waals surface area contributed by atoms with E-state index in [1.807, 2.05) is 0 Å². The summed E-state index contributed by atoms with van der Waals surface area (Å²) in [6, 6.07) is 7.40. The number of amides is 2. The molecule has 0 aliphatic carbocycles. The predicted molar refractivity (Wildman–Crippen MR) is 90.2 cm³/mol. The molecular weight excluding hydrogens is 325 g/mol. The lowest BCUT2D eigenvalue weighted by Crippen LogP contribution is -2.37. The van der Waals surface area contributed by atoms with Crippen molar-refractivity contribution in [1.29, 1.82) is 0 Å². The van der Waals surface area contributed by atoms with Gasteiger partial charge in [-0.2, -0.15) is 0 Å². The lowest BCUT2D eigenvalue weighted by Gasteiger charge is -2.22. The van der Waals surface area contributed by atoms with Crippen molar-refractivity contribution in [3.05, 3.63) is 53.6 Å². The van der Waals surface area contributed by atoms with Crippen LogP contribution in [0.15, 0.2) is 36.5 Å². The first kappa shape index (κ1) is 17.0. The summed E-state index contributed by atoms with van der Waals surface area (Å²) in [7, 11) is 1.45. The van der Waals surface area contributed by atoms with Crippen molar-refractivity contribution in [2.24, 2.45) is 0 Å². The molecule has 1 aliphatic rings. The highest BCUT2D eigenvalue weighted by atomic mass is 19.1. The first-order valence-corrected chi connectivity index (χ1v) is 8.15. The van der Waals surface area contributed by atoms with E-state index in [1.165, 1.54) is 25.3 Å². The maximum absolute atomic E-state index is 13.5. The summed E-state index contributed by atoms with van der Waals surface area (Å²) in [5.41, 5.74) is 0.734. The number of nitrogens with one attached hydrogen (secondary N) is 1. The fourth-order valence-electron chi connectivity index (χ4n) is 2.98. The van der Waals surface area contributed by atoms with Gasteiger partial charge in [0, 0.05) is 32.4 Å². The van der Waals surface area contributed by atoms with E-state index in [0.717, 1.165) is 0 Å². The molecule has 1 fully saturated rings. The molecule has 3 rings (SSSR count). The summed E-state index contributed by atoms with van der Waals surface area (Å²) in [6.07, 6.45) is 2.37. The van der Waals surface area contributed by atoms with Gasteiger partial charge < -0.3 is 19.5 Å². The highest BCUT2D eigenvalue weighted by Crippen LogP contribution is 2.22. The number of ether oxygens (including phenoxy) is 1. The van der Waals surface area contributed by atoms with Gasteiger partial charge in [0.15, 0.2) is 0 Å². The van der Waals surface area contributed by atoms with Crippen molar-refractivity contribution in [3.8, 4) is 5.75 Å². The molecule has 2 aromatic rings. The SMILES string of the molecule is COc1ccc(F)cc1C(=O)N1CCCN(C(=O)c2ccc[nH]2)CC1. The van der Waals surface area contributed by atoms with Crippen molar-refractivity contribution >= 4 is 11.8 Å². The number of methoxy groups -OCH3 is 1. The van der Waals surface area contributed by atoms with Crippen LogP contribution in [0.4, 0.5) is 4.39 Å². The van der Waals surface area contributed by atoms with Crippen LogP contribution in [0.25, 0.3) is 0 Å². The molecule has 0 atom stereocenters. The molecule has 2 heterocycles. The van der Waals surface area contributed by atoms with Crippen LogP contribution in [-0.2, 0) is 0 Å². The molecule has 0 saturated carbocycles. The van der Waals surface area contributed by atoms with E-state index in [2.05, 4.69) is 4.98 Å². The van der Waals surface area contributed by atoms with Crippen molar-refractivity contribution < 1.29 is 18.7 Å². The molecule has 0 bridgehead atoms. The Hall–Kier alpha value is -2.83. The zero-order chi connectivity index (χ0) is 17.8. The Balaban J connectivity index is 1.72. The average Bonchev–Trinajstić information content (AvgIpc) is 3.05. The van der Waals surface area contributed by atoms with Crippen molar-refractivity contribution in [3.63, 3.8) is 0 Å². The minimum absolute atomic E-state index is 0.0809. The number of benzene rings is 1. The van der Waals surface area contributed by atoms with Gasteiger partial charge in [0.2, 0.25) is 0 Å². The quantitative estimate of drug-likeness (QED) is 0.927. The molecule has 0 radical (unpaired) electrons. The van der Waals surface area contributed by atoms with Gasteiger partial charge in [-0.3, -0.25) is 9.59 Å². The summed E-state index contributed by atoms with van der Waals surface area (Å²) < 4.78 is 18.7. The van der Waals surface area contributed by atoms with E-state index in [4.69, 9.17) is 4.74 Å². The molecule has 1 N–H and O–H groups in total. The van der Waals surface area contributed by atoms with Crippen LogP contribution >= 0.6 is 0 Å². The van der Waals surface area contributed by atoms with Crippen LogP contribution in [0.1, 0.15) is 27.3 Å². The lowest BCUT2D eigenvalue weighted by atomic mass is 10.1. The minimum atomic E-state index is -0.484. The maximum atomic E-state index is 13.5. The zero-order valence-electron chi connectivity index (χ0n) is 14.0. The molecule has 1 saturated heterocycles. The zero-order valence-corrected chi connectivity index (χ0v) is 14.0. The summed E-state index contributed by atoms with van der Waals surface area (Å²) in [5, 5.41) is 0. The molecule has 6 nitrogen and oxygen atoms in total. The third-order valence-corrected chi connectivity index (χ3v) is 4.29. The van der Waals surface area contributed by atoms with Gasteiger partial charge >= 0.3 is 0 Å². The number of carbonyl (C=O) groups is 2. The monoisotopic (exact) mass is 345 g/mol. The van der Waals surface area contributed by atoms with Gasteiger partial charge in [0.25, 0.3) is 11.8 Å². The van der Waals surface area contributed by atoms with Crippen LogP contribution < -0.4 is 4.74 Å². The molecule has 1 aromatic heterocycles. The molecule has 0 unspecified atom stereocenters. The lowest BCUT2D eigenvalue weighted by molar-refractivity contribution is 0.0714. The third-order valence-electron chi connectivity index (χ3n) is 4.29. The van der Waals surface area contributed by atoms with Crippen molar-refractivity contribution in [1.82, 2.24) is 14.8 Å². The van der Waals surface area contributed by atoms with Crippen LogP contribution in [0.2, 0.25) is 0 Å². The molecule has 7 heteroatoms. The molecule has 2 amide bonds. The Morgan fingerprint density at radius 3 is 2.44 bits per heavy atom. The van der Waals surface area contributed by atoms with E-state index in [-0.39, 0.29) is 17.4 Å². The molecule has 1 aromatic carbocycles. The minimum Gasteiger partial charge on any atom is -0.496 e. The Labute approximate surface area is 145 Å². The predicted octanol–water partition coefficient (Wildman–Crippen LogP) is 2.15. The van der Waals surface area contributed by atoms with Crippen LogP contribution in [0.5, 0.6) is 5.75 Å². The second kappa shape index (κ2) is 7.38. The normalized spacial score (nSPS) is 15.0. The largest absolute Gasteiger partial charge is 0.496 e. The number of hydrogen-bond donors (Lipinski definition) is 1. The Kier molecular flexibility index (Phi) is 5.02. The average molecular weight is 345 g/mol. The second-order valence-electron chi connectivity index (χ2n) is 5.87. The van der Waals surface area contributed by atoms with Gasteiger partial charge in [0.1, 0.15) is 17.3 Å². The molecule has 25 heavy (non-hydrogen) atoms. The molecule has 1 aliphatic heterocycles. The van der Waals surface area contributed by atoms with Crippen molar-refractivity contribution in [2.45, 2.75) is 6.42 Å². The van der Waals surface area contributed by atoms with E-state index in [1.54, 1.807) is 28.1 Å². The number of aromatic amines is 1. The van der Waals surface area contributed by atoms with E-state index >= 15 is 0 Å². The standard InChI is InChI=1S/C18H20FN3O3/c1-25-16-6-5-13(19)12-14(16)17(23)21-8-3-9-22(11-10-21)18(24)15-4-2-7-20-15/h2,4-7,12,20H,3,8-11H2,1H3. The second-order valence-corrected chi connectivity index (χ2v) is 5.87. The summed E-state index contributed by atoms with van der Waals surface area (Å²) >= 11 is 0. The Morgan fingerprint density at radius 1 is 1.08 bits per heavy atom. The number of halogens is 1. The smallest absolute Gasteiger partial charge is 0.270 e. The molecule has 0 spiro atoms. The number of carbonyl (C=O) groups excluding carboxylic acids is 2. The number of nitrogens with zero attached hydrogens (tertiary/aromatic N) is 2.